The van der Waals surface area contributed by atoms with E-state index in [4.69, 9.17) is 4.74 Å². The number of carbonyl (C=O) groups is 3. The average Bonchev–Trinajstić information content (AvgIpc) is 3.46. The maximum absolute atomic E-state index is 14.4. The van der Waals surface area contributed by atoms with Crippen LogP contribution in [0.3, 0.4) is 0 Å². The predicted molar refractivity (Wildman–Crippen MR) is 213 cm³/mol. The number of rotatable bonds is 12. The minimum Gasteiger partial charge on any atom is -0.444 e. The Balaban J connectivity index is 1.13. The molecule has 8 nitrogen and oxygen atoms in total. The van der Waals surface area contributed by atoms with E-state index in [2.05, 4.69) is 64.1 Å². The van der Waals surface area contributed by atoms with Crippen molar-refractivity contribution in [3.8, 4) is 0 Å². The third kappa shape index (κ3) is 7.71. The summed E-state index contributed by atoms with van der Waals surface area (Å²) in [6, 6.07) is -0.655. The van der Waals surface area contributed by atoms with Crippen LogP contribution in [0.5, 0.6) is 0 Å². The molecule has 5 aliphatic rings. The average molecular weight is 740 g/mol. The van der Waals surface area contributed by atoms with E-state index in [1.54, 1.807) is 27.7 Å². The van der Waals surface area contributed by atoms with Gasteiger partial charge >= 0.3 is 6.09 Å². The first-order valence-electron chi connectivity index (χ1n) is 21.5. The third-order valence-corrected chi connectivity index (χ3v) is 16.6. The van der Waals surface area contributed by atoms with E-state index in [0.29, 0.717) is 42.0 Å². The molecule has 5 rings (SSSR count). The normalized spacial score (nSPS) is 39.3. The number of nitrogens with one attached hydrogen (secondary N) is 3. The van der Waals surface area contributed by atoms with Crippen LogP contribution in [0.1, 0.15) is 166 Å². The van der Waals surface area contributed by atoms with Gasteiger partial charge in [-0.3, -0.25) is 9.59 Å². The van der Waals surface area contributed by atoms with E-state index in [9.17, 15) is 19.5 Å². The highest BCUT2D eigenvalue weighted by Crippen LogP contribution is 2.77. The Morgan fingerprint density at radius 3 is 2.08 bits per heavy atom. The predicted octanol–water partition coefficient (Wildman–Crippen LogP) is 9.10. The summed E-state index contributed by atoms with van der Waals surface area (Å²) in [5.74, 6) is 2.63. The van der Waals surface area contributed by atoms with Crippen molar-refractivity contribution in [1.29, 1.82) is 0 Å². The van der Waals surface area contributed by atoms with Crippen molar-refractivity contribution in [3.05, 3.63) is 12.2 Å². The molecule has 0 aliphatic heterocycles. The zero-order valence-corrected chi connectivity index (χ0v) is 35.3. The maximum Gasteiger partial charge on any atom is 0.408 e. The van der Waals surface area contributed by atoms with Gasteiger partial charge in [-0.05, 0) is 163 Å². The maximum atomic E-state index is 14.4. The lowest BCUT2D eigenvalue weighted by atomic mass is 9.32. The van der Waals surface area contributed by atoms with Crippen LogP contribution in [0, 0.1) is 56.7 Å². The molecule has 0 radical (unpaired) electrons. The highest BCUT2D eigenvalue weighted by Gasteiger charge is 2.71. The van der Waals surface area contributed by atoms with E-state index in [-0.39, 0.29) is 39.1 Å². The molecule has 53 heavy (non-hydrogen) atoms. The fourth-order valence-electron chi connectivity index (χ4n) is 13.6. The van der Waals surface area contributed by atoms with Gasteiger partial charge in [0.1, 0.15) is 11.6 Å². The summed E-state index contributed by atoms with van der Waals surface area (Å²) >= 11 is 0. The number of ether oxygens (including phenoxy) is 1. The molecule has 3 amide bonds. The molecule has 11 atom stereocenters. The minimum absolute atomic E-state index is 0.0394. The number of alkyl carbamates (subject to hydrolysis) is 1. The molecule has 5 aliphatic carbocycles. The van der Waals surface area contributed by atoms with Gasteiger partial charge < -0.3 is 25.8 Å². The molecule has 0 saturated heterocycles. The zero-order chi connectivity index (χ0) is 39.2. The van der Waals surface area contributed by atoms with Crippen LogP contribution in [0.2, 0.25) is 0 Å². The number of hydrogen-bond acceptors (Lipinski definition) is 5. The lowest BCUT2D eigenvalue weighted by Crippen LogP contribution is -2.67. The highest BCUT2D eigenvalue weighted by molar-refractivity contribution is 5.85. The quantitative estimate of drug-likeness (QED) is 0.118. The molecular formula is C45H77N3O5. The summed E-state index contributed by atoms with van der Waals surface area (Å²) in [5, 5.41) is 20.1. The molecule has 5 fully saturated rings. The smallest absolute Gasteiger partial charge is 0.408 e. The Morgan fingerprint density at radius 2 is 1.43 bits per heavy atom. The molecule has 0 heterocycles. The number of carbonyl (C=O) groups excluding carboxylic acids is 3. The Bertz CT molecular complexity index is 1370. The van der Waals surface area contributed by atoms with E-state index < -0.39 is 17.7 Å². The van der Waals surface area contributed by atoms with E-state index in [1.165, 1.54) is 31.3 Å². The van der Waals surface area contributed by atoms with E-state index in [1.807, 2.05) is 0 Å². The zero-order valence-electron chi connectivity index (χ0n) is 35.3. The minimum atomic E-state index is -0.655. The van der Waals surface area contributed by atoms with Crippen LogP contribution < -0.4 is 16.0 Å². The molecule has 0 aromatic rings. The summed E-state index contributed by atoms with van der Waals surface area (Å²) < 4.78 is 5.24. The van der Waals surface area contributed by atoms with Crippen LogP contribution in [0.15, 0.2) is 12.2 Å². The summed E-state index contributed by atoms with van der Waals surface area (Å²) in [6.07, 6.45) is 15.3. The summed E-state index contributed by atoms with van der Waals surface area (Å²) in [4.78, 5) is 38.8. The van der Waals surface area contributed by atoms with Crippen molar-refractivity contribution in [2.75, 3.05) is 13.1 Å². The van der Waals surface area contributed by atoms with Crippen LogP contribution in [0.25, 0.3) is 0 Å². The first-order chi connectivity index (χ1) is 24.6. The molecular weight excluding hydrogens is 663 g/mol. The molecule has 8 heteroatoms. The van der Waals surface area contributed by atoms with Crippen molar-refractivity contribution >= 4 is 17.9 Å². The van der Waals surface area contributed by atoms with Gasteiger partial charge in [-0.25, -0.2) is 4.79 Å². The molecule has 4 N–H and O–H groups in total. The summed E-state index contributed by atoms with van der Waals surface area (Å²) in [6.45, 7) is 27.6. The first kappa shape index (κ1) is 42.1. The number of aliphatic hydroxyl groups excluding tert-OH is 1. The number of unbranched alkanes of at least 4 members (excludes halogenated alkanes) is 4. The lowest BCUT2D eigenvalue weighted by molar-refractivity contribution is -0.246. The van der Waals surface area contributed by atoms with Crippen LogP contribution in [-0.4, -0.2) is 53.9 Å². The standard InChI is InChI=1S/C45H77N3O5/c1-29(2)31-19-24-45(38(51)47-28-16-14-12-13-15-27-46-37(50)30(3)48-39(52)53-40(4,5)6)26-25-43(10)32(36(31)45)17-18-34-42(9)22-21-35(49)41(7,8)33(42)20-23-44(34,43)11/h30-36,49H,1,12-28H2,2-11H3,(H,46,50)(H,47,51)(H,48,52)/t30-,31-,32+,33-,34+,35-,36+,42-,43+,44+,45-/m0/s1. The van der Waals surface area contributed by atoms with Gasteiger partial charge in [-0.1, -0.05) is 66.0 Å². The third-order valence-electron chi connectivity index (χ3n) is 16.6. The SMILES string of the molecule is C=C(C)[C@@H]1CC[C@]2(C(=O)NCCCCCCCNC(=O)[C@H](C)NC(=O)OC(C)(C)C)CC[C@]3(C)[C@H](CC[C@@H]4[C@@]5(C)CC[C@H](O)C(C)(C)[C@@H]5CC[C@]43C)[C@@H]12. The van der Waals surface area contributed by atoms with Crippen LogP contribution in [-0.2, 0) is 14.3 Å². The molecule has 0 spiro atoms. The molecule has 5 saturated carbocycles. The number of aliphatic hydroxyl groups is 1. The number of fused-ring (bicyclic) bond motifs is 7. The van der Waals surface area contributed by atoms with Crippen molar-refractivity contribution in [2.24, 2.45) is 56.7 Å². The molecule has 0 aromatic heterocycles. The van der Waals surface area contributed by atoms with E-state index >= 15 is 0 Å². The Hall–Kier alpha value is -2.09. The van der Waals surface area contributed by atoms with Gasteiger partial charge in [0, 0.05) is 13.1 Å². The monoisotopic (exact) mass is 740 g/mol. The van der Waals surface area contributed by atoms with Crippen molar-refractivity contribution < 1.29 is 24.2 Å². The molecule has 0 unspecified atom stereocenters. The van der Waals surface area contributed by atoms with Crippen molar-refractivity contribution in [1.82, 2.24) is 16.0 Å². The van der Waals surface area contributed by atoms with Gasteiger partial charge in [-0.2, -0.15) is 0 Å². The van der Waals surface area contributed by atoms with Crippen molar-refractivity contribution in [3.63, 3.8) is 0 Å². The van der Waals surface area contributed by atoms with Crippen molar-refractivity contribution in [2.45, 2.75) is 183 Å². The largest absolute Gasteiger partial charge is 0.444 e. The second kappa shape index (κ2) is 15.4. The van der Waals surface area contributed by atoms with Crippen LogP contribution >= 0.6 is 0 Å². The number of hydrogen-bond donors (Lipinski definition) is 4. The Labute approximate surface area is 322 Å². The highest BCUT2D eigenvalue weighted by atomic mass is 16.6. The van der Waals surface area contributed by atoms with Gasteiger partial charge in [0.2, 0.25) is 11.8 Å². The Morgan fingerprint density at radius 1 is 0.792 bits per heavy atom. The van der Waals surface area contributed by atoms with Gasteiger partial charge in [0.25, 0.3) is 0 Å². The van der Waals surface area contributed by atoms with Gasteiger partial charge in [-0.15, -0.1) is 0 Å². The fourth-order valence-corrected chi connectivity index (χ4v) is 13.6. The summed E-state index contributed by atoms with van der Waals surface area (Å²) in [7, 11) is 0. The first-order valence-corrected chi connectivity index (χ1v) is 21.5. The summed E-state index contributed by atoms with van der Waals surface area (Å²) in [5.41, 5.74) is 1.02. The Kier molecular flexibility index (Phi) is 12.3. The molecule has 302 valence electrons. The second-order valence-corrected chi connectivity index (χ2v) is 20.9. The van der Waals surface area contributed by atoms with E-state index in [0.717, 1.165) is 77.2 Å². The number of amides is 3. The van der Waals surface area contributed by atoms with Gasteiger partial charge in [0.05, 0.1) is 11.5 Å². The topological polar surface area (TPSA) is 117 Å². The lowest BCUT2D eigenvalue weighted by Gasteiger charge is -2.72. The fraction of sp³-hybridized carbons (Fsp3) is 0.889. The second-order valence-electron chi connectivity index (χ2n) is 20.9. The van der Waals surface area contributed by atoms with Crippen LogP contribution in [0.4, 0.5) is 4.79 Å². The van der Waals surface area contributed by atoms with Gasteiger partial charge in [0.15, 0.2) is 0 Å². The molecule has 0 aromatic carbocycles. The number of allylic oxidation sites excluding steroid dienone is 1. The molecule has 0 bridgehead atoms.